The first-order valence-corrected chi connectivity index (χ1v) is 10.9. The highest BCUT2D eigenvalue weighted by atomic mass is 16.7. The van der Waals surface area contributed by atoms with Crippen LogP contribution in [-0.2, 0) is 22.6 Å². The molecule has 1 atom stereocenters. The fourth-order valence-electron chi connectivity index (χ4n) is 4.22. The summed E-state index contributed by atoms with van der Waals surface area (Å²) < 4.78 is 12.7. The molecule has 2 aliphatic rings. The van der Waals surface area contributed by atoms with Crippen LogP contribution in [0.5, 0.6) is 11.5 Å². The lowest BCUT2D eigenvalue weighted by molar-refractivity contribution is -0.141. The average Bonchev–Trinajstić information content (AvgIpc) is 3.53. The number of carbonyl (C=O) groups excluding carboxylic acids is 1. The number of aryl methyl sites for hydroxylation is 2. The first-order valence-electron chi connectivity index (χ1n) is 10.9. The molecule has 0 radical (unpaired) electrons. The van der Waals surface area contributed by atoms with Crippen LogP contribution in [0.2, 0.25) is 0 Å². The van der Waals surface area contributed by atoms with Crippen LogP contribution in [0.4, 0.5) is 0 Å². The van der Waals surface area contributed by atoms with Crippen molar-refractivity contribution in [2.24, 2.45) is 5.16 Å². The summed E-state index contributed by atoms with van der Waals surface area (Å²) >= 11 is 0. The van der Waals surface area contributed by atoms with Crippen LogP contribution in [0.25, 0.3) is 5.69 Å². The average molecular weight is 447 g/mol. The van der Waals surface area contributed by atoms with Crippen molar-refractivity contribution in [2.75, 3.05) is 13.8 Å². The lowest BCUT2D eigenvalue weighted by Crippen LogP contribution is -2.36. The number of ether oxygens (including phenoxy) is 2. The lowest BCUT2D eigenvalue weighted by atomic mass is 10.0. The molecule has 5 rings (SSSR count). The molecule has 1 aromatic heterocycles. The molecule has 1 amide bonds. The normalized spacial score (nSPS) is 16.5. The second-order valence-corrected chi connectivity index (χ2v) is 8.52. The van der Waals surface area contributed by atoms with Gasteiger partial charge in [-0.05, 0) is 55.3 Å². The maximum absolute atomic E-state index is 13.0. The molecule has 3 aromatic rings. The van der Waals surface area contributed by atoms with Crippen LogP contribution in [0.3, 0.4) is 0 Å². The van der Waals surface area contributed by atoms with Crippen molar-refractivity contribution in [1.29, 1.82) is 0 Å². The molecular formula is C25H26N4O4. The molecule has 0 fully saturated rings. The lowest BCUT2D eigenvalue weighted by Gasteiger charge is -2.20. The second kappa shape index (κ2) is 8.61. The van der Waals surface area contributed by atoms with Crippen molar-refractivity contribution < 1.29 is 19.1 Å². The smallest absolute Gasteiger partial charge is 0.266 e. The number of amides is 1. The van der Waals surface area contributed by atoms with Crippen LogP contribution in [0.15, 0.2) is 53.7 Å². The highest BCUT2D eigenvalue weighted by molar-refractivity contribution is 5.94. The van der Waals surface area contributed by atoms with Gasteiger partial charge in [0.2, 0.25) is 12.9 Å². The van der Waals surface area contributed by atoms with Crippen molar-refractivity contribution in [3.05, 3.63) is 71.0 Å². The number of hydrogen-bond donors (Lipinski definition) is 0. The number of nitrogens with zero attached hydrogens (tertiary/aromatic N) is 4. The van der Waals surface area contributed by atoms with Crippen molar-refractivity contribution >= 4 is 11.6 Å². The zero-order valence-electron chi connectivity index (χ0n) is 18.9. The van der Waals surface area contributed by atoms with E-state index in [1.807, 2.05) is 61.0 Å². The fraction of sp³-hybridized carbons (Fsp3) is 0.320. The molecule has 3 heterocycles. The molecule has 0 aliphatic carbocycles. The van der Waals surface area contributed by atoms with E-state index in [1.165, 1.54) is 0 Å². The van der Waals surface area contributed by atoms with E-state index in [2.05, 4.69) is 16.3 Å². The Bertz CT molecular complexity index is 1230. The molecule has 170 valence electrons. The topological polar surface area (TPSA) is 78.2 Å². The monoisotopic (exact) mass is 446 g/mol. The minimum atomic E-state index is -0.599. The predicted octanol–water partition coefficient (Wildman–Crippen LogP) is 3.56. The zero-order chi connectivity index (χ0) is 22.9. The number of benzene rings is 2. The summed E-state index contributed by atoms with van der Waals surface area (Å²) in [6.45, 7) is 4.73. The molecule has 33 heavy (non-hydrogen) atoms. The molecule has 8 heteroatoms. The summed E-state index contributed by atoms with van der Waals surface area (Å²) in [6, 6.07) is 15.9. The van der Waals surface area contributed by atoms with E-state index in [0.29, 0.717) is 19.4 Å². The number of rotatable bonds is 6. The van der Waals surface area contributed by atoms with Crippen LogP contribution >= 0.6 is 0 Å². The summed E-state index contributed by atoms with van der Waals surface area (Å²) in [6.07, 6.45) is 0.483. The number of aromatic nitrogens is 2. The number of hydrogen-bond acceptors (Lipinski definition) is 6. The molecule has 2 aliphatic heterocycles. The van der Waals surface area contributed by atoms with Gasteiger partial charge in [0.25, 0.3) is 5.91 Å². The van der Waals surface area contributed by atoms with E-state index in [4.69, 9.17) is 14.3 Å². The summed E-state index contributed by atoms with van der Waals surface area (Å²) in [5.41, 5.74) is 5.93. The van der Waals surface area contributed by atoms with Crippen molar-refractivity contribution in [2.45, 2.75) is 39.3 Å². The van der Waals surface area contributed by atoms with Gasteiger partial charge < -0.3 is 19.2 Å². The molecule has 1 unspecified atom stereocenters. The van der Waals surface area contributed by atoms with Gasteiger partial charge in [-0.25, -0.2) is 4.68 Å². The summed E-state index contributed by atoms with van der Waals surface area (Å²) in [5.74, 6) is 1.40. The van der Waals surface area contributed by atoms with E-state index in [-0.39, 0.29) is 12.7 Å². The highest BCUT2D eigenvalue weighted by Crippen LogP contribution is 2.33. The highest BCUT2D eigenvalue weighted by Gasteiger charge is 2.30. The third-order valence-corrected chi connectivity index (χ3v) is 5.81. The maximum Gasteiger partial charge on any atom is 0.266 e. The third kappa shape index (κ3) is 4.41. The van der Waals surface area contributed by atoms with Gasteiger partial charge in [0.15, 0.2) is 11.5 Å². The Morgan fingerprint density at radius 2 is 1.94 bits per heavy atom. The Kier molecular flexibility index (Phi) is 5.50. The van der Waals surface area contributed by atoms with Gasteiger partial charge in [-0.2, -0.15) is 5.10 Å². The first-order chi connectivity index (χ1) is 16.0. The Balaban J connectivity index is 1.19. The van der Waals surface area contributed by atoms with Crippen molar-refractivity contribution in [1.82, 2.24) is 14.7 Å². The van der Waals surface area contributed by atoms with Gasteiger partial charge in [0.1, 0.15) is 0 Å². The van der Waals surface area contributed by atoms with Gasteiger partial charge >= 0.3 is 0 Å². The van der Waals surface area contributed by atoms with Crippen LogP contribution < -0.4 is 9.47 Å². The summed E-state index contributed by atoms with van der Waals surface area (Å²) in [5, 5.41) is 8.71. The minimum Gasteiger partial charge on any atom is -0.454 e. The standard InChI is InChI=1S/C25H26N4O4/c1-16-9-17(2)29(26-16)21-6-4-5-19(11-21)14-28(3)25(30)24-13-20(27-33-24)10-18-7-8-22-23(12-18)32-15-31-22/h4-9,11-12,24H,10,13-15H2,1-3H3. The molecule has 0 bridgehead atoms. The first kappa shape index (κ1) is 21.1. The minimum absolute atomic E-state index is 0.0871. The summed E-state index contributed by atoms with van der Waals surface area (Å²) in [4.78, 5) is 20.2. The van der Waals surface area contributed by atoms with E-state index >= 15 is 0 Å². The van der Waals surface area contributed by atoms with Crippen LogP contribution in [0.1, 0.15) is 28.9 Å². The maximum atomic E-state index is 13.0. The van der Waals surface area contributed by atoms with Gasteiger partial charge in [0.05, 0.1) is 17.1 Å². The van der Waals surface area contributed by atoms with Gasteiger partial charge in [-0.1, -0.05) is 23.4 Å². The second-order valence-electron chi connectivity index (χ2n) is 8.52. The molecule has 0 spiro atoms. The molecule has 8 nitrogen and oxygen atoms in total. The molecule has 0 N–H and O–H groups in total. The zero-order valence-corrected chi connectivity index (χ0v) is 18.9. The Morgan fingerprint density at radius 1 is 1.09 bits per heavy atom. The largest absolute Gasteiger partial charge is 0.454 e. The molecule has 0 saturated heterocycles. The summed E-state index contributed by atoms with van der Waals surface area (Å²) in [7, 11) is 1.79. The molecule has 2 aromatic carbocycles. The number of likely N-dealkylation sites (N-methyl/N-ethyl adjacent to an activating group) is 1. The van der Waals surface area contributed by atoms with Gasteiger partial charge in [-0.15, -0.1) is 0 Å². The number of fused-ring (bicyclic) bond motifs is 1. The van der Waals surface area contributed by atoms with E-state index in [1.54, 1.807) is 11.9 Å². The van der Waals surface area contributed by atoms with Crippen molar-refractivity contribution in [3.8, 4) is 17.2 Å². The van der Waals surface area contributed by atoms with Gasteiger partial charge in [0, 0.05) is 32.1 Å². The van der Waals surface area contributed by atoms with Crippen molar-refractivity contribution in [3.63, 3.8) is 0 Å². The molecular weight excluding hydrogens is 420 g/mol. The number of carbonyl (C=O) groups is 1. The Labute approximate surface area is 192 Å². The Morgan fingerprint density at radius 3 is 2.76 bits per heavy atom. The molecule has 0 saturated carbocycles. The van der Waals surface area contributed by atoms with Crippen LogP contribution in [0, 0.1) is 13.8 Å². The Hall–Kier alpha value is -3.81. The van der Waals surface area contributed by atoms with Crippen LogP contribution in [-0.4, -0.2) is 46.2 Å². The van der Waals surface area contributed by atoms with E-state index in [9.17, 15) is 4.79 Å². The fourth-order valence-corrected chi connectivity index (χ4v) is 4.22. The third-order valence-electron chi connectivity index (χ3n) is 5.81. The number of oxime groups is 1. The van der Waals surface area contributed by atoms with E-state index < -0.39 is 6.10 Å². The quantitative estimate of drug-likeness (QED) is 0.579. The van der Waals surface area contributed by atoms with E-state index in [0.717, 1.165) is 45.4 Å². The SMILES string of the molecule is Cc1cc(C)n(-c2cccc(CN(C)C(=O)C3CC(Cc4ccc5c(c4)OCO5)=NO3)c2)n1. The van der Waals surface area contributed by atoms with Gasteiger partial charge in [-0.3, -0.25) is 4.79 Å². The predicted molar refractivity (Wildman–Crippen MR) is 123 cm³/mol.